The number of hydrogen-bond acceptors (Lipinski definition) is 3. The first-order valence-electron chi connectivity index (χ1n) is 4.26. The Morgan fingerprint density at radius 1 is 1.43 bits per heavy atom. The zero-order valence-electron chi connectivity index (χ0n) is 8.56. The Kier molecular flexibility index (Phi) is 3.75. The second-order valence-corrected chi connectivity index (χ2v) is 3.53. The Bertz CT molecular complexity index is 339. The Hall–Kier alpha value is -0.770. The monoisotopic (exact) mass is 215 g/mol. The van der Waals surface area contributed by atoms with E-state index in [0.29, 0.717) is 17.4 Å². The molecule has 0 heterocycles. The van der Waals surface area contributed by atoms with Crippen LogP contribution in [0.15, 0.2) is 6.07 Å². The number of hydrogen-bond donors (Lipinski definition) is 1. The molecule has 0 saturated carbocycles. The SMILES string of the molecule is COc1c(Cl)cc(C)c(C)c1CON. The topological polar surface area (TPSA) is 44.5 Å². The first-order chi connectivity index (χ1) is 6.61. The first kappa shape index (κ1) is 11.3. The summed E-state index contributed by atoms with van der Waals surface area (Å²) in [6.45, 7) is 4.28. The van der Waals surface area contributed by atoms with Gasteiger partial charge in [0, 0.05) is 5.56 Å². The molecule has 0 saturated heterocycles. The number of halogens is 1. The normalized spacial score (nSPS) is 10.4. The molecule has 1 aromatic carbocycles. The molecule has 0 aliphatic heterocycles. The Balaban J connectivity index is 3.32. The average molecular weight is 216 g/mol. The summed E-state index contributed by atoms with van der Waals surface area (Å²) in [5.74, 6) is 5.69. The van der Waals surface area contributed by atoms with Crippen LogP contribution in [0.4, 0.5) is 0 Å². The van der Waals surface area contributed by atoms with E-state index in [0.717, 1.165) is 16.7 Å². The molecule has 0 amide bonds. The number of rotatable bonds is 3. The highest BCUT2D eigenvalue weighted by atomic mass is 35.5. The van der Waals surface area contributed by atoms with Gasteiger partial charge in [-0.2, -0.15) is 0 Å². The predicted octanol–water partition coefficient (Wildman–Crippen LogP) is 2.36. The van der Waals surface area contributed by atoms with Crippen LogP contribution in [0, 0.1) is 13.8 Å². The van der Waals surface area contributed by atoms with Gasteiger partial charge in [0.1, 0.15) is 5.75 Å². The van der Waals surface area contributed by atoms with E-state index in [1.807, 2.05) is 19.9 Å². The number of nitrogens with two attached hydrogens (primary N) is 1. The van der Waals surface area contributed by atoms with Crippen molar-refractivity contribution >= 4 is 11.6 Å². The molecule has 3 nitrogen and oxygen atoms in total. The predicted molar refractivity (Wildman–Crippen MR) is 56.5 cm³/mol. The Labute approximate surface area is 88.7 Å². The lowest BCUT2D eigenvalue weighted by atomic mass is 10.0. The van der Waals surface area contributed by atoms with E-state index in [4.69, 9.17) is 22.2 Å². The van der Waals surface area contributed by atoms with Crippen LogP contribution in [0.1, 0.15) is 16.7 Å². The van der Waals surface area contributed by atoms with Gasteiger partial charge in [0.25, 0.3) is 0 Å². The lowest BCUT2D eigenvalue weighted by molar-refractivity contribution is 0.121. The molecular formula is C10H14ClNO2. The second kappa shape index (κ2) is 4.64. The maximum Gasteiger partial charge on any atom is 0.143 e. The van der Waals surface area contributed by atoms with Crippen molar-refractivity contribution in [1.29, 1.82) is 0 Å². The summed E-state index contributed by atoms with van der Waals surface area (Å²) in [6, 6.07) is 1.87. The maximum atomic E-state index is 6.02. The molecule has 0 aliphatic rings. The minimum Gasteiger partial charge on any atom is -0.495 e. The van der Waals surface area contributed by atoms with Gasteiger partial charge in [-0.1, -0.05) is 11.6 Å². The first-order valence-corrected chi connectivity index (χ1v) is 4.63. The maximum absolute atomic E-state index is 6.02. The van der Waals surface area contributed by atoms with E-state index in [-0.39, 0.29) is 0 Å². The van der Waals surface area contributed by atoms with Crippen molar-refractivity contribution in [2.24, 2.45) is 5.90 Å². The second-order valence-electron chi connectivity index (χ2n) is 3.12. The van der Waals surface area contributed by atoms with Gasteiger partial charge in [-0.25, -0.2) is 5.90 Å². The van der Waals surface area contributed by atoms with Crippen LogP contribution in [0.2, 0.25) is 5.02 Å². The van der Waals surface area contributed by atoms with Gasteiger partial charge in [-0.15, -0.1) is 0 Å². The third kappa shape index (κ3) is 2.00. The fourth-order valence-electron chi connectivity index (χ4n) is 1.39. The molecule has 1 aromatic rings. The standard InChI is InChI=1S/C10H14ClNO2/c1-6-4-9(11)10(13-3)8(5-14-12)7(6)2/h4H,5,12H2,1-3H3. The molecule has 0 unspecified atom stereocenters. The highest BCUT2D eigenvalue weighted by molar-refractivity contribution is 6.32. The van der Waals surface area contributed by atoms with E-state index in [1.54, 1.807) is 7.11 Å². The molecule has 0 fully saturated rings. The van der Waals surface area contributed by atoms with Gasteiger partial charge >= 0.3 is 0 Å². The van der Waals surface area contributed by atoms with Gasteiger partial charge in [-0.05, 0) is 31.0 Å². The van der Waals surface area contributed by atoms with Crippen molar-refractivity contribution in [3.63, 3.8) is 0 Å². The molecule has 0 bridgehead atoms. The van der Waals surface area contributed by atoms with E-state index in [9.17, 15) is 0 Å². The van der Waals surface area contributed by atoms with E-state index in [1.165, 1.54) is 0 Å². The minimum atomic E-state index is 0.302. The molecule has 0 radical (unpaired) electrons. The molecule has 4 heteroatoms. The summed E-state index contributed by atoms with van der Waals surface area (Å²) in [7, 11) is 1.58. The lowest BCUT2D eigenvalue weighted by Gasteiger charge is -2.14. The zero-order chi connectivity index (χ0) is 10.7. The molecule has 0 aromatic heterocycles. The smallest absolute Gasteiger partial charge is 0.143 e. The van der Waals surface area contributed by atoms with Crippen LogP contribution >= 0.6 is 11.6 Å². The largest absolute Gasteiger partial charge is 0.495 e. The van der Waals surface area contributed by atoms with Crippen LogP contribution < -0.4 is 10.6 Å². The summed E-state index contributed by atoms with van der Waals surface area (Å²) in [4.78, 5) is 4.62. The van der Waals surface area contributed by atoms with Crippen LogP contribution in [0.25, 0.3) is 0 Å². The quantitative estimate of drug-likeness (QED) is 0.788. The molecule has 0 aliphatic carbocycles. The van der Waals surface area contributed by atoms with E-state index < -0.39 is 0 Å². The number of aryl methyl sites for hydroxylation is 1. The fraction of sp³-hybridized carbons (Fsp3) is 0.400. The van der Waals surface area contributed by atoms with Crippen molar-refractivity contribution < 1.29 is 9.57 Å². The van der Waals surface area contributed by atoms with Gasteiger partial charge in [0.2, 0.25) is 0 Å². The summed E-state index contributed by atoms with van der Waals surface area (Å²) in [6.07, 6.45) is 0. The van der Waals surface area contributed by atoms with Crippen molar-refractivity contribution in [3.05, 3.63) is 27.8 Å². The zero-order valence-corrected chi connectivity index (χ0v) is 9.31. The third-order valence-electron chi connectivity index (χ3n) is 2.31. The average Bonchev–Trinajstić information content (AvgIpc) is 2.14. The summed E-state index contributed by atoms with van der Waals surface area (Å²) in [5, 5.41) is 0.586. The van der Waals surface area contributed by atoms with Crippen LogP contribution in [0.3, 0.4) is 0 Å². The summed E-state index contributed by atoms with van der Waals surface area (Å²) in [5.41, 5.74) is 3.10. The van der Waals surface area contributed by atoms with Crippen LogP contribution in [-0.2, 0) is 11.4 Å². The third-order valence-corrected chi connectivity index (χ3v) is 2.59. The fourth-order valence-corrected chi connectivity index (χ4v) is 1.75. The van der Waals surface area contributed by atoms with Crippen molar-refractivity contribution in [2.45, 2.75) is 20.5 Å². The van der Waals surface area contributed by atoms with Gasteiger partial charge in [0.15, 0.2) is 0 Å². The van der Waals surface area contributed by atoms with Gasteiger partial charge in [-0.3, -0.25) is 4.84 Å². The number of ether oxygens (including phenoxy) is 1. The molecule has 14 heavy (non-hydrogen) atoms. The van der Waals surface area contributed by atoms with E-state index >= 15 is 0 Å². The van der Waals surface area contributed by atoms with Crippen molar-refractivity contribution in [2.75, 3.05) is 7.11 Å². The minimum absolute atomic E-state index is 0.302. The van der Waals surface area contributed by atoms with E-state index in [2.05, 4.69) is 4.84 Å². The van der Waals surface area contributed by atoms with Crippen LogP contribution in [-0.4, -0.2) is 7.11 Å². The number of methoxy groups -OCH3 is 1. The molecule has 0 spiro atoms. The molecule has 1 rings (SSSR count). The highest BCUT2D eigenvalue weighted by Crippen LogP contribution is 2.33. The van der Waals surface area contributed by atoms with Gasteiger partial charge in [0.05, 0.1) is 18.7 Å². The van der Waals surface area contributed by atoms with Crippen molar-refractivity contribution in [3.8, 4) is 5.75 Å². The molecular weight excluding hydrogens is 202 g/mol. The number of benzene rings is 1. The highest BCUT2D eigenvalue weighted by Gasteiger charge is 2.13. The molecule has 78 valence electrons. The summed E-state index contributed by atoms with van der Waals surface area (Å²) < 4.78 is 5.20. The Morgan fingerprint density at radius 3 is 2.57 bits per heavy atom. The lowest BCUT2D eigenvalue weighted by Crippen LogP contribution is -2.04. The molecule has 0 atom stereocenters. The van der Waals surface area contributed by atoms with Crippen molar-refractivity contribution in [1.82, 2.24) is 0 Å². The summed E-state index contributed by atoms with van der Waals surface area (Å²) >= 11 is 6.02. The van der Waals surface area contributed by atoms with Crippen LogP contribution in [0.5, 0.6) is 5.75 Å². The van der Waals surface area contributed by atoms with Gasteiger partial charge < -0.3 is 4.74 Å². The Morgan fingerprint density at radius 2 is 2.07 bits per heavy atom. The molecule has 2 N–H and O–H groups in total.